The summed E-state index contributed by atoms with van der Waals surface area (Å²) in [4.78, 5) is 23.1. The lowest BCUT2D eigenvalue weighted by Gasteiger charge is -2.25. The third kappa shape index (κ3) is 7.09. The highest BCUT2D eigenvalue weighted by atomic mass is 35.6. The summed E-state index contributed by atoms with van der Waals surface area (Å²) in [6.07, 6.45) is 0.329. The number of hydrogen-bond acceptors (Lipinski definition) is 4. The van der Waals surface area contributed by atoms with Crippen LogP contribution in [0.15, 0.2) is 59.7 Å². The highest BCUT2D eigenvalue weighted by molar-refractivity contribution is 6.68. The van der Waals surface area contributed by atoms with Crippen LogP contribution in [0.4, 0.5) is 0 Å². The van der Waals surface area contributed by atoms with Gasteiger partial charge in [0.15, 0.2) is 0 Å². The number of hydrazone groups is 1. The molecule has 0 fully saturated rings. The fourth-order valence-electron chi connectivity index (χ4n) is 1.95. The Morgan fingerprint density at radius 2 is 1.70 bits per heavy atom. The maximum atomic E-state index is 11.9. The third-order valence-corrected chi connectivity index (χ3v) is 3.78. The molecule has 2 N–H and O–H groups in total. The van der Waals surface area contributed by atoms with Crippen LogP contribution in [-0.2, 0) is 4.79 Å². The van der Waals surface area contributed by atoms with Crippen molar-refractivity contribution in [2.75, 3.05) is 0 Å². The fraction of sp³-hybridized carbons (Fsp3) is 0.167. The van der Waals surface area contributed by atoms with Crippen molar-refractivity contribution in [2.24, 2.45) is 5.10 Å². The normalized spacial score (nSPS) is 12.4. The van der Waals surface area contributed by atoms with E-state index >= 15 is 0 Å². The standard InChI is InChI=1S/C18H16Cl3N3O3/c1-12(25)23-17(18(19,20)21)27-15-9-7-13(8-10-15)11-22-24-16(26)14-5-3-2-4-6-14/h2-11,17H,1H3,(H,23,25)(H,24,26)/b22-11-/t17-/m1/s1. The summed E-state index contributed by atoms with van der Waals surface area (Å²) in [6, 6.07) is 15.3. The number of halogens is 3. The summed E-state index contributed by atoms with van der Waals surface area (Å²) in [5.74, 6) is -0.331. The molecule has 0 spiro atoms. The van der Waals surface area contributed by atoms with Crippen LogP contribution in [0.1, 0.15) is 22.8 Å². The van der Waals surface area contributed by atoms with Crippen LogP contribution >= 0.6 is 34.8 Å². The largest absolute Gasteiger partial charge is 0.466 e. The molecule has 0 aliphatic heterocycles. The lowest BCUT2D eigenvalue weighted by Crippen LogP contribution is -2.47. The average Bonchev–Trinajstić information content (AvgIpc) is 2.62. The van der Waals surface area contributed by atoms with E-state index < -0.39 is 15.9 Å². The van der Waals surface area contributed by atoms with Crippen molar-refractivity contribution >= 4 is 52.8 Å². The van der Waals surface area contributed by atoms with E-state index in [-0.39, 0.29) is 5.91 Å². The van der Waals surface area contributed by atoms with Crippen molar-refractivity contribution in [3.63, 3.8) is 0 Å². The molecule has 2 aromatic rings. The zero-order chi connectivity index (χ0) is 19.9. The summed E-state index contributed by atoms with van der Waals surface area (Å²) >= 11 is 17.4. The van der Waals surface area contributed by atoms with Gasteiger partial charge in [0.05, 0.1) is 6.21 Å². The molecule has 6 nitrogen and oxygen atoms in total. The van der Waals surface area contributed by atoms with Gasteiger partial charge in [-0.25, -0.2) is 5.43 Å². The van der Waals surface area contributed by atoms with Gasteiger partial charge in [0.25, 0.3) is 5.91 Å². The van der Waals surface area contributed by atoms with Crippen molar-refractivity contribution in [1.82, 2.24) is 10.7 Å². The van der Waals surface area contributed by atoms with E-state index in [2.05, 4.69) is 15.8 Å². The number of carbonyl (C=O) groups is 2. The molecule has 0 saturated heterocycles. The second-order valence-electron chi connectivity index (χ2n) is 5.37. The highest BCUT2D eigenvalue weighted by Crippen LogP contribution is 2.31. The van der Waals surface area contributed by atoms with Crippen LogP contribution in [0.2, 0.25) is 0 Å². The summed E-state index contributed by atoms with van der Waals surface area (Å²) in [5, 5.41) is 6.32. The molecule has 142 valence electrons. The summed E-state index contributed by atoms with van der Waals surface area (Å²) in [6.45, 7) is 1.29. The van der Waals surface area contributed by atoms with Gasteiger partial charge in [-0.15, -0.1) is 0 Å². The predicted octanol–water partition coefficient (Wildman–Crippen LogP) is 3.66. The summed E-state index contributed by atoms with van der Waals surface area (Å²) in [5.41, 5.74) is 3.65. The first-order valence-corrected chi connectivity index (χ1v) is 8.88. The first kappa shape index (κ1) is 21.0. The molecule has 0 radical (unpaired) electrons. The molecule has 0 aliphatic carbocycles. The van der Waals surface area contributed by atoms with Gasteiger partial charge in [-0.3, -0.25) is 9.59 Å². The Morgan fingerprint density at radius 3 is 2.26 bits per heavy atom. The van der Waals surface area contributed by atoms with Gasteiger partial charge in [0.2, 0.25) is 15.9 Å². The fourth-order valence-corrected chi connectivity index (χ4v) is 2.25. The number of hydrogen-bond donors (Lipinski definition) is 2. The first-order chi connectivity index (χ1) is 12.8. The molecule has 1 atom stereocenters. The maximum absolute atomic E-state index is 11.9. The Labute approximate surface area is 171 Å². The van der Waals surface area contributed by atoms with E-state index in [0.717, 1.165) is 0 Å². The minimum atomic E-state index is -1.84. The predicted molar refractivity (Wildman–Crippen MR) is 106 cm³/mol. The minimum Gasteiger partial charge on any atom is -0.466 e. The van der Waals surface area contributed by atoms with Crippen molar-refractivity contribution in [1.29, 1.82) is 0 Å². The number of nitrogens with zero attached hydrogens (tertiary/aromatic N) is 1. The van der Waals surface area contributed by atoms with Gasteiger partial charge in [-0.2, -0.15) is 5.10 Å². The van der Waals surface area contributed by atoms with Crippen LogP contribution in [0, 0.1) is 0 Å². The molecule has 9 heteroatoms. The number of benzene rings is 2. The quantitative estimate of drug-likeness (QED) is 0.319. The SMILES string of the molecule is CC(=O)N[C@H](Oc1ccc(/C=N\NC(=O)c2ccccc2)cc1)C(Cl)(Cl)Cl. The Balaban J connectivity index is 1.96. The molecular formula is C18H16Cl3N3O3. The Bertz CT molecular complexity index is 806. The highest BCUT2D eigenvalue weighted by Gasteiger charge is 2.35. The maximum Gasteiger partial charge on any atom is 0.271 e. The third-order valence-electron chi connectivity index (χ3n) is 3.18. The summed E-state index contributed by atoms with van der Waals surface area (Å²) in [7, 11) is 0. The molecule has 2 aromatic carbocycles. The number of ether oxygens (including phenoxy) is 1. The van der Waals surface area contributed by atoms with Gasteiger partial charge < -0.3 is 10.1 Å². The molecule has 2 amide bonds. The molecule has 0 bridgehead atoms. The van der Waals surface area contributed by atoms with Gasteiger partial charge >= 0.3 is 0 Å². The van der Waals surface area contributed by atoms with Gasteiger partial charge in [0, 0.05) is 12.5 Å². The van der Waals surface area contributed by atoms with E-state index in [1.165, 1.54) is 13.1 Å². The second kappa shape index (κ2) is 9.60. The number of rotatable bonds is 6. The smallest absolute Gasteiger partial charge is 0.271 e. The van der Waals surface area contributed by atoms with Crippen molar-refractivity contribution in [3.05, 3.63) is 65.7 Å². The molecule has 2 rings (SSSR count). The van der Waals surface area contributed by atoms with Crippen LogP contribution in [-0.4, -0.2) is 28.0 Å². The Morgan fingerprint density at radius 1 is 1.07 bits per heavy atom. The number of nitrogens with one attached hydrogen (secondary N) is 2. The zero-order valence-corrected chi connectivity index (χ0v) is 16.4. The zero-order valence-electron chi connectivity index (χ0n) is 14.2. The lowest BCUT2D eigenvalue weighted by molar-refractivity contribution is -0.121. The van der Waals surface area contributed by atoms with Crippen molar-refractivity contribution in [2.45, 2.75) is 16.9 Å². The topological polar surface area (TPSA) is 79.8 Å². The van der Waals surface area contributed by atoms with Crippen LogP contribution in [0.3, 0.4) is 0 Å². The average molecular weight is 429 g/mol. The molecule has 0 aromatic heterocycles. The Hall–Kier alpha value is -2.28. The number of alkyl halides is 3. The van der Waals surface area contributed by atoms with E-state index in [4.69, 9.17) is 39.5 Å². The molecule has 0 aliphatic rings. The van der Waals surface area contributed by atoms with Crippen molar-refractivity contribution < 1.29 is 14.3 Å². The second-order valence-corrected chi connectivity index (χ2v) is 7.74. The van der Waals surface area contributed by atoms with Crippen LogP contribution < -0.4 is 15.5 Å². The van der Waals surface area contributed by atoms with Gasteiger partial charge in [-0.1, -0.05) is 53.0 Å². The van der Waals surface area contributed by atoms with E-state index in [9.17, 15) is 9.59 Å². The van der Waals surface area contributed by atoms with Crippen LogP contribution in [0.25, 0.3) is 0 Å². The molecule has 0 saturated carbocycles. The van der Waals surface area contributed by atoms with E-state index in [1.54, 1.807) is 48.5 Å². The summed E-state index contributed by atoms with van der Waals surface area (Å²) < 4.78 is 3.66. The minimum absolute atomic E-state index is 0.312. The molecule has 0 unspecified atom stereocenters. The van der Waals surface area contributed by atoms with Crippen LogP contribution in [0.5, 0.6) is 5.75 Å². The van der Waals surface area contributed by atoms with E-state index in [1.807, 2.05) is 6.07 Å². The molecular weight excluding hydrogens is 413 g/mol. The Kier molecular flexibility index (Phi) is 7.47. The number of amides is 2. The monoisotopic (exact) mass is 427 g/mol. The lowest BCUT2D eigenvalue weighted by atomic mass is 10.2. The number of carbonyl (C=O) groups excluding carboxylic acids is 2. The van der Waals surface area contributed by atoms with Gasteiger partial charge in [-0.05, 0) is 42.0 Å². The van der Waals surface area contributed by atoms with Crippen molar-refractivity contribution in [3.8, 4) is 5.75 Å². The van der Waals surface area contributed by atoms with E-state index in [0.29, 0.717) is 16.9 Å². The van der Waals surface area contributed by atoms with Gasteiger partial charge in [0.1, 0.15) is 5.75 Å². The first-order valence-electron chi connectivity index (χ1n) is 7.74. The molecule has 27 heavy (non-hydrogen) atoms. The molecule has 0 heterocycles.